The number of halogens is 3. The molecule has 2 aromatic heterocycles. The van der Waals surface area contributed by atoms with Crippen molar-refractivity contribution < 1.29 is 42.1 Å². The van der Waals surface area contributed by atoms with Crippen LogP contribution in [0.4, 0.5) is 13.2 Å². The van der Waals surface area contributed by atoms with E-state index >= 15 is 0 Å². The number of carboxylic acids is 1. The number of imidazole rings is 1. The quantitative estimate of drug-likeness (QED) is 0.463. The third-order valence-electron chi connectivity index (χ3n) is 5.48. The highest BCUT2D eigenvalue weighted by Gasteiger charge is 2.37. The van der Waals surface area contributed by atoms with Crippen molar-refractivity contribution in [2.24, 2.45) is 0 Å². The summed E-state index contributed by atoms with van der Waals surface area (Å²) >= 11 is 0. The standard InChI is InChI=1S/C21H20N4O3.C2HF3O2/c22-13-15-4-6-16(7-5-15)18-17-3-1-2-10-25(17)19(23-18)20(27)24-21(14-26)8-11-28-12-9-21;3-2(4,5)1(6)7/h1-7,10,26H,8-9,11-12,14H2,(H,24,27);(H,6,7). The van der Waals surface area contributed by atoms with Gasteiger partial charge in [0.1, 0.15) is 5.97 Å². The molecule has 0 saturated carbocycles. The zero-order valence-electron chi connectivity index (χ0n) is 18.3. The SMILES string of the molecule is N#Cc1ccc(-c2[nH]c(C(=O)NC3(CO)CCOCC3)[n+]3ccccc23)cc1.O=C([O-])C(F)(F)F. The number of aromatic nitrogens is 2. The smallest absolute Gasteiger partial charge is 0.430 e. The van der Waals surface area contributed by atoms with E-state index in [0.717, 1.165) is 16.8 Å². The number of ether oxygens (including phenoxy) is 1. The Morgan fingerprint density at radius 1 is 1.20 bits per heavy atom. The van der Waals surface area contributed by atoms with E-state index < -0.39 is 17.7 Å². The number of hydrogen-bond acceptors (Lipinski definition) is 6. The molecular formula is C23H21F3N4O5. The number of alkyl halides is 3. The number of aliphatic hydroxyl groups is 1. The van der Waals surface area contributed by atoms with Gasteiger partial charge in [-0.05, 0) is 49.2 Å². The Kier molecular flexibility index (Phi) is 7.73. The van der Waals surface area contributed by atoms with Gasteiger partial charge in [0.15, 0.2) is 11.2 Å². The van der Waals surface area contributed by atoms with Crippen molar-refractivity contribution in [2.45, 2.75) is 24.6 Å². The minimum Gasteiger partial charge on any atom is -0.542 e. The van der Waals surface area contributed by atoms with Crippen molar-refractivity contribution in [1.29, 1.82) is 5.26 Å². The number of benzene rings is 1. The van der Waals surface area contributed by atoms with E-state index in [-0.39, 0.29) is 12.5 Å². The molecule has 3 heterocycles. The molecule has 0 bridgehead atoms. The number of aliphatic hydroxyl groups excluding tert-OH is 1. The van der Waals surface area contributed by atoms with Gasteiger partial charge in [-0.15, -0.1) is 0 Å². The Bertz CT molecular complexity index is 1240. The number of amides is 1. The largest absolute Gasteiger partial charge is 0.542 e. The van der Waals surface area contributed by atoms with Crippen LogP contribution in [0.15, 0.2) is 48.7 Å². The fraction of sp³-hybridized carbons (Fsp3) is 0.304. The normalized spacial score (nSPS) is 14.9. The monoisotopic (exact) mass is 490 g/mol. The predicted molar refractivity (Wildman–Crippen MR) is 113 cm³/mol. The first-order valence-corrected chi connectivity index (χ1v) is 10.4. The summed E-state index contributed by atoms with van der Waals surface area (Å²) in [5, 5.41) is 30.7. The second-order valence-electron chi connectivity index (χ2n) is 7.78. The lowest BCUT2D eigenvalue weighted by Gasteiger charge is -2.35. The van der Waals surface area contributed by atoms with Crippen LogP contribution in [0.25, 0.3) is 16.8 Å². The zero-order chi connectivity index (χ0) is 25.6. The van der Waals surface area contributed by atoms with Gasteiger partial charge in [-0.3, -0.25) is 4.79 Å². The molecule has 1 saturated heterocycles. The highest BCUT2D eigenvalue weighted by Crippen LogP contribution is 2.24. The number of fused-ring (bicyclic) bond motifs is 1. The summed E-state index contributed by atoms with van der Waals surface area (Å²) in [6.07, 6.45) is -2.23. The number of H-pyrrole nitrogens is 1. The molecule has 1 aliphatic heterocycles. The lowest BCUT2D eigenvalue weighted by Crippen LogP contribution is -2.55. The van der Waals surface area contributed by atoms with E-state index in [9.17, 15) is 23.1 Å². The van der Waals surface area contributed by atoms with E-state index in [1.165, 1.54) is 0 Å². The predicted octanol–water partition coefficient (Wildman–Crippen LogP) is 0.862. The van der Waals surface area contributed by atoms with Crippen LogP contribution in [0.1, 0.15) is 29.0 Å². The Balaban J connectivity index is 0.000000429. The van der Waals surface area contributed by atoms with Crippen LogP contribution >= 0.6 is 0 Å². The first kappa shape index (κ1) is 25.7. The Hall–Kier alpha value is -3.95. The van der Waals surface area contributed by atoms with Crippen LogP contribution < -0.4 is 14.8 Å². The fourth-order valence-corrected chi connectivity index (χ4v) is 3.57. The number of aliphatic carboxylic acids is 1. The Labute approximate surface area is 197 Å². The molecule has 1 amide bonds. The van der Waals surface area contributed by atoms with Gasteiger partial charge in [0, 0.05) is 18.8 Å². The molecule has 4 rings (SSSR count). The maximum atomic E-state index is 13.1. The first-order chi connectivity index (χ1) is 16.6. The van der Waals surface area contributed by atoms with Gasteiger partial charge >= 0.3 is 17.9 Å². The zero-order valence-corrected chi connectivity index (χ0v) is 18.3. The van der Waals surface area contributed by atoms with Gasteiger partial charge in [-0.2, -0.15) is 22.8 Å². The molecule has 1 aliphatic rings. The average Bonchev–Trinajstić information content (AvgIpc) is 3.24. The number of hydrogen-bond donors (Lipinski definition) is 3. The van der Waals surface area contributed by atoms with E-state index in [4.69, 9.17) is 19.9 Å². The summed E-state index contributed by atoms with van der Waals surface area (Å²) in [5.41, 5.74) is 2.43. The third-order valence-corrected chi connectivity index (χ3v) is 5.48. The number of carbonyl (C=O) groups excluding carboxylic acids is 2. The molecular weight excluding hydrogens is 469 g/mol. The maximum Gasteiger partial charge on any atom is 0.430 e. The number of nitrogens with zero attached hydrogens (tertiary/aromatic N) is 2. The van der Waals surface area contributed by atoms with Crippen LogP contribution in [0, 0.1) is 11.3 Å². The summed E-state index contributed by atoms with van der Waals surface area (Å²) in [7, 11) is 0. The fourth-order valence-electron chi connectivity index (χ4n) is 3.57. The number of nitriles is 1. The molecule has 9 nitrogen and oxygen atoms in total. The van der Waals surface area contributed by atoms with Crippen LogP contribution in [0.3, 0.4) is 0 Å². The van der Waals surface area contributed by atoms with E-state index in [1.54, 1.807) is 16.5 Å². The highest BCUT2D eigenvalue weighted by molar-refractivity contribution is 5.92. The van der Waals surface area contributed by atoms with Gasteiger partial charge in [0.05, 0.1) is 30.0 Å². The first-order valence-electron chi connectivity index (χ1n) is 10.4. The minimum absolute atomic E-state index is 0.131. The molecule has 0 atom stereocenters. The molecule has 3 N–H and O–H groups in total. The van der Waals surface area contributed by atoms with Crippen molar-refractivity contribution in [3.05, 3.63) is 60.0 Å². The summed E-state index contributed by atoms with van der Waals surface area (Å²) in [5.74, 6) is -2.90. The van der Waals surface area contributed by atoms with Crippen molar-refractivity contribution in [3.63, 3.8) is 0 Å². The minimum atomic E-state index is -5.19. The van der Waals surface area contributed by atoms with Crippen molar-refractivity contribution >= 4 is 17.4 Å². The number of carboxylic acid groups (broad SMARTS) is 1. The second kappa shape index (κ2) is 10.5. The van der Waals surface area contributed by atoms with E-state index in [1.807, 2.05) is 36.5 Å². The summed E-state index contributed by atoms with van der Waals surface area (Å²) < 4.78 is 38.7. The molecule has 35 heavy (non-hydrogen) atoms. The van der Waals surface area contributed by atoms with Crippen LogP contribution in [-0.4, -0.2) is 53.5 Å². The van der Waals surface area contributed by atoms with E-state index in [0.29, 0.717) is 37.4 Å². The van der Waals surface area contributed by atoms with Gasteiger partial charge in [-0.25, -0.2) is 4.98 Å². The highest BCUT2D eigenvalue weighted by atomic mass is 19.4. The maximum absolute atomic E-state index is 13.1. The molecule has 0 radical (unpaired) electrons. The molecule has 3 aromatic rings. The van der Waals surface area contributed by atoms with Gasteiger partial charge in [0.2, 0.25) is 0 Å². The molecule has 0 aliphatic carbocycles. The summed E-state index contributed by atoms with van der Waals surface area (Å²) in [6, 6.07) is 15.0. The van der Waals surface area contributed by atoms with Crippen molar-refractivity contribution in [2.75, 3.05) is 19.8 Å². The van der Waals surface area contributed by atoms with Gasteiger partial charge in [-0.1, -0.05) is 6.07 Å². The van der Waals surface area contributed by atoms with E-state index in [2.05, 4.69) is 16.4 Å². The third kappa shape index (κ3) is 5.95. The second-order valence-corrected chi connectivity index (χ2v) is 7.78. The molecule has 0 spiro atoms. The van der Waals surface area contributed by atoms with Crippen LogP contribution in [0.2, 0.25) is 0 Å². The lowest BCUT2D eigenvalue weighted by molar-refractivity contribution is -0.514. The topological polar surface area (TPSA) is 142 Å². The molecule has 0 unspecified atom stereocenters. The average molecular weight is 490 g/mol. The van der Waals surface area contributed by atoms with Crippen LogP contribution in [0.5, 0.6) is 0 Å². The number of pyridine rings is 1. The van der Waals surface area contributed by atoms with Crippen molar-refractivity contribution in [1.82, 2.24) is 10.3 Å². The van der Waals surface area contributed by atoms with Crippen molar-refractivity contribution in [3.8, 4) is 17.3 Å². The van der Waals surface area contributed by atoms with Crippen LogP contribution in [-0.2, 0) is 9.53 Å². The summed E-state index contributed by atoms with van der Waals surface area (Å²) in [6.45, 7) is 0.889. The number of carbonyl (C=O) groups is 2. The molecule has 12 heteroatoms. The lowest BCUT2D eigenvalue weighted by atomic mass is 9.91. The number of nitrogens with one attached hydrogen (secondary N) is 2. The molecule has 184 valence electrons. The molecule has 1 fully saturated rings. The van der Waals surface area contributed by atoms with Gasteiger partial charge in [0.25, 0.3) is 0 Å². The van der Waals surface area contributed by atoms with Gasteiger partial charge < -0.3 is 25.1 Å². The number of rotatable bonds is 4. The molecule has 1 aromatic carbocycles. The Morgan fingerprint density at radius 3 is 2.37 bits per heavy atom. The summed E-state index contributed by atoms with van der Waals surface area (Å²) in [4.78, 5) is 25.1. The number of aromatic amines is 1. The Morgan fingerprint density at radius 2 is 1.83 bits per heavy atom.